The Hall–Kier alpha value is -1.90. The van der Waals surface area contributed by atoms with Crippen LogP contribution in [-0.4, -0.2) is 48.7 Å². The maximum Gasteiger partial charge on any atom is 0.191 e. The highest BCUT2D eigenvalue weighted by molar-refractivity contribution is 14.0. The van der Waals surface area contributed by atoms with Crippen molar-refractivity contribution in [3.63, 3.8) is 0 Å². The highest BCUT2D eigenvalue weighted by atomic mass is 127. The van der Waals surface area contributed by atoms with Crippen LogP contribution in [0, 0.1) is 13.8 Å². The molecule has 0 atom stereocenters. The lowest BCUT2D eigenvalue weighted by atomic mass is 10.1. The van der Waals surface area contributed by atoms with Crippen LogP contribution >= 0.6 is 24.0 Å². The predicted molar refractivity (Wildman–Crippen MR) is 127 cm³/mol. The number of guanidine groups is 1. The molecular formula is C21H31IN6. The van der Waals surface area contributed by atoms with Crippen LogP contribution in [0.1, 0.15) is 29.5 Å². The molecule has 2 aromatic rings. The lowest BCUT2D eigenvalue weighted by Gasteiger charge is -2.33. The van der Waals surface area contributed by atoms with Crippen LogP contribution < -0.4 is 15.5 Å². The Balaban J connectivity index is 0.00000280. The Kier molecular flexibility index (Phi) is 8.95. The summed E-state index contributed by atoms with van der Waals surface area (Å²) in [5, 5.41) is 7.00. The Morgan fingerprint density at radius 1 is 1.18 bits per heavy atom. The van der Waals surface area contributed by atoms with E-state index in [9.17, 15) is 0 Å². The predicted octanol–water partition coefficient (Wildman–Crippen LogP) is 3.09. The van der Waals surface area contributed by atoms with Crippen LogP contribution in [0.2, 0.25) is 0 Å². The summed E-state index contributed by atoms with van der Waals surface area (Å²) in [4.78, 5) is 15.4. The van der Waals surface area contributed by atoms with Crippen molar-refractivity contribution in [2.75, 3.05) is 31.6 Å². The molecule has 0 amide bonds. The fourth-order valence-electron chi connectivity index (χ4n) is 3.39. The molecule has 0 radical (unpaired) electrons. The van der Waals surface area contributed by atoms with Crippen LogP contribution in [0.15, 0.2) is 41.8 Å². The number of hydrogen-bond acceptors (Lipinski definition) is 4. The molecule has 7 heteroatoms. The fraction of sp³-hybridized carbons (Fsp3) is 0.476. The molecule has 1 fully saturated rings. The van der Waals surface area contributed by atoms with Crippen LogP contribution in [-0.2, 0) is 6.42 Å². The van der Waals surface area contributed by atoms with Crippen molar-refractivity contribution < 1.29 is 0 Å². The molecule has 1 saturated heterocycles. The summed E-state index contributed by atoms with van der Waals surface area (Å²) in [6.07, 6.45) is 8.84. The fourth-order valence-corrected chi connectivity index (χ4v) is 3.39. The Labute approximate surface area is 185 Å². The number of hydrogen-bond donors (Lipinski definition) is 2. The smallest absolute Gasteiger partial charge is 0.191 e. The zero-order chi connectivity index (χ0) is 19.1. The van der Waals surface area contributed by atoms with E-state index in [0.717, 1.165) is 50.7 Å². The summed E-state index contributed by atoms with van der Waals surface area (Å²) in [5.41, 5.74) is 3.76. The van der Waals surface area contributed by atoms with Gasteiger partial charge in [0.15, 0.2) is 5.96 Å². The van der Waals surface area contributed by atoms with Gasteiger partial charge in [-0.2, -0.15) is 0 Å². The minimum absolute atomic E-state index is 0. The van der Waals surface area contributed by atoms with Gasteiger partial charge in [0.05, 0.1) is 0 Å². The van der Waals surface area contributed by atoms with Gasteiger partial charge >= 0.3 is 0 Å². The average Bonchev–Trinajstić information content (AvgIpc) is 2.70. The summed E-state index contributed by atoms with van der Waals surface area (Å²) in [7, 11) is 1.83. The quantitative estimate of drug-likeness (QED) is 0.380. The largest absolute Gasteiger partial charge is 0.356 e. The third-order valence-corrected chi connectivity index (χ3v) is 5.10. The highest BCUT2D eigenvalue weighted by Crippen LogP contribution is 2.18. The second-order valence-electron chi connectivity index (χ2n) is 7.15. The van der Waals surface area contributed by atoms with E-state index in [1.807, 2.05) is 25.6 Å². The molecule has 1 aliphatic heterocycles. The maximum atomic E-state index is 4.55. The number of pyridine rings is 2. The number of rotatable bonds is 5. The van der Waals surface area contributed by atoms with Crippen molar-refractivity contribution in [1.82, 2.24) is 20.6 Å². The molecule has 0 spiro atoms. The maximum absolute atomic E-state index is 4.55. The summed E-state index contributed by atoms with van der Waals surface area (Å²) in [6, 6.07) is 6.77. The van der Waals surface area contributed by atoms with Crippen LogP contribution in [0.3, 0.4) is 0 Å². The van der Waals surface area contributed by atoms with Gasteiger partial charge in [0.2, 0.25) is 0 Å². The van der Waals surface area contributed by atoms with Gasteiger partial charge in [-0.1, -0.05) is 6.07 Å². The normalized spacial score (nSPS) is 15.1. The second-order valence-corrected chi connectivity index (χ2v) is 7.15. The third kappa shape index (κ3) is 6.32. The Bertz CT molecular complexity index is 754. The molecule has 0 aromatic carbocycles. The average molecular weight is 494 g/mol. The van der Waals surface area contributed by atoms with E-state index in [4.69, 9.17) is 0 Å². The first-order valence-corrected chi connectivity index (χ1v) is 9.70. The lowest BCUT2D eigenvalue weighted by molar-refractivity contribution is 0.459. The van der Waals surface area contributed by atoms with Crippen molar-refractivity contribution in [2.45, 2.75) is 39.2 Å². The third-order valence-electron chi connectivity index (χ3n) is 5.10. The van der Waals surface area contributed by atoms with E-state index in [-0.39, 0.29) is 24.0 Å². The summed E-state index contributed by atoms with van der Waals surface area (Å²) < 4.78 is 0. The first kappa shape index (κ1) is 22.4. The monoisotopic (exact) mass is 494 g/mol. The first-order valence-electron chi connectivity index (χ1n) is 9.70. The van der Waals surface area contributed by atoms with Crippen molar-refractivity contribution in [2.24, 2.45) is 4.99 Å². The number of aliphatic imine (C=N–C) groups is 1. The van der Waals surface area contributed by atoms with Gasteiger partial charge in [-0.05, 0) is 61.9 Å². The zero-order valence-corrected chi connectivity index (χ0v) is 19.3. The zero-order valence-electron chi connectivity index (χ0n) is 17.0. The number of nitrogens with one attached hydrogen (secondary N) is 2. The van der Waals surface area contributed by atoms with Crippen molar-refractivity contribution >= 4 is 35.8 Å². The van der Waals surface area contributed by atoms with Gasteiger partial charge in [-0.15, -0.1) is 24.0 Å². The SMILES string of the molecule is CN=C(NCCc1ccncc1C)NC1CCN(c2ccc(C)cn2)CC1.I. The number of piperidine rings is 1. The number of nitrogens with zero attached hydrogens (tertiary/aromatic N) is 4. The minimum atomic E-state index is 0. The molecule has 3 rings (SSSR count). The molecule has 3 heterocycles. The van der Waals surface area contributed by atoms with Crippen LogP contribution in [0.5, 0.6) is 0 Å². The molecule has 28 heavy (non-hydrogen) atoms. The molecule has 2 aromatic heterocycles. The van der Waals surface area contributed by atoms with Gasteiger partial charge in [0.1, 0.15) is 5.82 Å². The van der Waals surface area contributed by atoms with E-state index >= 15 is 0 Å². The summed E-state index contributed by atoms with van der Waals surface area (Å²) >= 11 is 0. The molecule has 6 nitrogen and oxygen atoms in total. The van der Waals surface area contributed by atoms with Crippen molar-refractivity contribution in [3.8, 4) is 0 Å². The van der Waals surface area contributed by atoms with Gasteiger partial charge in [-0.3, -0.25) is 9.98 Å². The molecule has 2 N–H and O–H groups in total. The van der Waals surface area contributed by atoms with E-state index in [0.29, 0.717) is 6.04 Å². The number of anilines is 1. The number of aromatic nitrogens is 2. The van der Waals surface area contributed by atoms with Gasteiger partial charge < -0.3 is 15.5 Å². The molecule has 152 valence electrons. The van der Waals surface area contributed by atoms with E-state index in [1.165, 1.54) is 16.7 Å². The minimum Gasteiger partial charge on any atom is -0.356 e. The van der Waals surface area contributed by atoms with E-state index in [2.05, 4.69) is 62.5 Å². The van der Waals surface area contributed by atoms with Crippen LogP contribution in [0.4, 0.5) is 5.82 Å². The lowest BCUT2D eigenvalue weighted by Crippen LogP contribution is -2.49. The molecule has 0 aliphatic carbocycles. The Morgan fingerprint density at radius 3 is 2.61 bits per heavy atom. The summed E-state index contributed by atoms with van der Waals surface area (Å²) in [6.45, 7) is 7.06. The van der Waals surface area contributed by atoms with Gasteiger partial charge in [-0.25, -0.2) is 4.98 Å². The molecule has 0 bridgehead atoms. The standard InChI is InChI=1S/C21H30N6.HI/c1-16-4-5-20(25-14-16)27-12-8-19(9-13-27)26-21(22-3)24-11-7-18-6-10-23-15-17(18)2;/h4-6,10,14-15,19H,7-9,11-13H2,1-3H3,(H2,22,24,26);1H. The molecule has 1 aliphatic rings. The van der Waals surface area contributed by atoms with Crippen molar-refractivity contribution in [1.29, 1.82) is 0 Å². The molecule has 0 unspecified atom stereocenters. The highest BCUT2D eigenvalue weighted by Gasteiger charge is 2.20. The number of halogens is 1. The second kappa shape index (κ2) is 11.2. The first-order chi connectivity index (χ1) is 13.2. The van der Waals surface area contributed by atoms with Gasteiger partial charge in [0.25, 0.3) is 0 Å². The number of aryl methyl sites for hydroxylation is 2. The van der Waals surface area contributed by atoms with E-state index < -0.39 is 0 Å². The summed E-state index contributed by atoms with van der Waals surface area (Å²) in [5.74, 6) is 1.96. The Morgan fingerprint density at radius 2 is 1.96 bits per heavy atom. The topological polar surface area (TPSA) is 65.4 Å². The van der Waals surface area contributed by atoms with E-state index in [1.54, 1.807) is 0 Å². The van der Waals surface area contributed by atoms with Gasteiger partial charge in [0, 0.05) is 51.3 Å². The van der Waals surface area contributed by atoms with Crippen molar-refractivity contribution in [3.05, 3.63) is 53.5 Å². The molecule has 0 saturated carbocycles. The molecular weight excluding hydrogens is 463 g/mol. The van der Waals surface area contributed by atoms with Crippen LogP contribution in [0.25, 0.3) is 0 Å².